The number of thiazole rings is 1. The van der Waals surface area contributed by atoms with Crippen LogP contribution in [0.15, 0.2) is 18.2 Å². The number of ether oxygens (including phenoxy) is 2. The summed E-state index contributed by atoms with van der Waals surface area (Å²) in [6, 6.07) is 6.01. The van der Waals surface area contributed by atoms with Crippen molar-refractivity contribution in [2.24, 2.45) is 5.92 Å². The summed E-state index contributed by atoms with van der Waals surface area (Å²) >= 11 is 1.60. The second kappa shape index (κ2) is 11.3. The summed E-state index contributed by atoms with van der Waals surface area (Å²) in [4.78, 5) is 22.7. The van der Waals surface area contributed by atoms with Crippen LogP contribution in [0.4, 0.5) is 5.13 Å². The minimum atomic E-state index is 0. The van der Waals surface area contributed by atoms with Crippen molar-refractivity contribution >= 4 is 45.0 Å². The lowest BCUT2D eigenvalue weighted by atomic mass is 9.88. The Morgan fingerprint density at radius 2 is 2.03 bits per heavy atom. The first-order valence-corrected chi connectivity index (χ1v) is 11.7. The first-order chi connectivity index (χ1) is 14.3. The molecular weight excluding hydrogens is 422 g/mol. The Balaban J connectivity index is 0.00000256. The van der Waals surface area contributed by atoms with Gasteiger partial charge in [0.15, 0.2) is 5.13 Å². The van der Waals surface area contributed by atoms with Crippen molar-refractivity contribution in [3.05, 3.63) is 18.2 Å². The average Bonchev–Trinajstić information content (AvgIpc) is 3.20. The first-order valence-electron chi connectivity index (χ1n) is 10.9. The predicted octanol–water partition coefficient (Wildman–Crippen LogP) is 4.36. The van der Waals surface area contributed by atoms with E-state index in [1.165, 1.54) is 6.42 Å². The SMILES string of the molecule is CCOc1cccc2sc(N(CCN3CCOCC3)C(=O)C3CCCCC3)nc12.Cl. The van der Waals surface area contributed by atoms with Crippen molar-refractivity contribution in [2.75, 3.05) is 50.9 Å². The Labute approximate surface area is 188 Å². The third kappa shape index (κ3) is 5.44. The van der Waals surface area contributed by atoms with Crippen molar-refractivity contribution in [1.29, 1.82) is 0 Å². The summed E-state index contributed by atoms with van der Waals surface area (Å²) in [6.07, 6.45) is 5.56. The molecule has 166 valence electrons. The smallest absolute Gasteiger partial charge is 0.231 e. The van der Waals surface area contributed by atoms with E-state index in [9.17, 15) is 4.79 Å². The van der Waals surface area contributed by atoms with Crippen molar-refractivity contribution in [3.63, 3.8) is 0 Å². The van der Waals surface area contributed by atoms with E-state index in [-0.39, 0.29) is 24.2 Å². The standard InChI is InChI=1S/C22H31N3O3S.ClH/c1-2-28-18-9-6-10-19-20(18)23-22(29-19)25(12-11-24-13-15-27-16-14-24)21(26)17-7-4-3-5-8-17;/h6,9-10,17H,2-5,7-8,11-16H2,1H3;1H. The number of carbonyl (C=O) groups is 1. The number of fused-ring (bicyclic) bond motifs is 1. The molecule has 1 amide bonds. The second-order valence-electron chi connectivity index (χ2n) is 7.81. The molecule has 1 aromatic carbocycles. The molecule has 2 fully saturated rings. The molecule has 0 radical (unpaired) electrons. The maximum Gasteiger partial charge on any atom is 0.231 e. The summed E-state index contributed by atoms with van der Waals surface area (Å²) in [5.41, 5.74) is 0.863. The van der Waals surface area contributed by atoms with Crippen LogP contribution in [0.5, 0.6) is 5.75 Å². The highest BCUT2D eigenvalue weighted by Crippen LogP contribution is 2.36. The highest BCUT2D eigenvalue weighted by molar-refractivity contribution is 7.22. The van der Waals surface area contributed by atoms with Gasteiger partial charge in [-0.3, -0.25) is 14.6 Å². The minimum Gasteiger partial charge on any atom is -0.492 e. The molecule has 0 unspecified atom stereocenters. The molecule has 1 aromatic heterocycles. The Morgan fingerprint density at radius 3 is 2.77 bits per heavy atom. The number of aromatic nitrogens is 1. The fourth-order valence-electron chi connectivity index (χ4n) is 4.24. The molecule has 2 aromatic rings. The molecular formula is C22H32ClN3O3S. The number of nitrogens with zero attached hydrogens (tertiary/aromatic N) is 3. The Hall–Kier alpha value is -1.41. The third-order valence-electron chi connectivity index (χ3n) is 5.87. The van der Waals surface area contributed by atoms with Crippen LogP contribution in [0.3, 0.4) is 0 Å². The van der Waals surface area contributed by atoms with Crippen molar-refractivity contribution in [2.45, 2.75) is 39.0 Å². The fraction of sp³-hybridized carbons (Fsp3) is 0.636. The normalized spacial score (nSPS) is 18.2. The van der Waals surface area contributed by atoms with Gasteiger partial charge in [-0.2, -0.15) is 0 Å². The number of amides is 1. The minimum absolute atomic E-state index is 0. The van der Waals surface area contributed by atoms with Crippen molar-refractivity contribution in [1.82, 2.24) is 9.88 Å². The molecule has 1 saturated heterocycles. The topological polar surface area (TPSA) is 54.9 Å². The summed E-state index contributed by atoms with van der Waals surface area (Å²) in [5.74, 6) is 1.17. The van der Waals surface area contributed by atoms with Crippen LogP contribution in [0.2, 0.25) is 0 Å². The van der Waals surface area contributed by atoms with E-state index in [4.69, 9.17) is 14.5 Å². The Morgan fingerprint density at radius 1 is 1.27 bits per heavy atom. The molecule has 0 bridgehead atoms. The first kappa shape index (κ1) is 23.3. The third-order valence-corrected chi connectivity index (χ3v) is 6.91. The van der Waals surface area contributed by atoms with Gasteiger partial charge in [0.05, 0.1) is 24.5 Å². The number of benzene rings is 1. The number of morpholine rings is 1. The molecule has 1 aliphatic carbocycles. The summed E-state index contributed by atoms with van der Waals surface area (Å²) in [6.45, 7) is 7.53. The summed E-state index contributed by atoms with van der Waals surface area (Å²) < 4.78 is 12.3. The maximum atomic E-state index is 13.5. The molecule has 2 heterocycles. The molecule has 0 N–H and O–H groups in total. The number of anilines is 1. The van der Waals surface area contributed by atoms with Crippen LogP contribution in [0.1, 0.15) is 39.0 Å². The van der Waals surface area contributed by atoms with Gasteiger partial charge in [0.2, 0.25) is 5.91 Å². The van der Waals surface area contributed by atoms with E-state index in [0.717, 1.165) is 79.6 Å². The van der Waals surface area contributed by atoms with Crippen LogP contribution in [-0.2, 0) is 9.53 Å². The number of halogens is 1. The van der Waals surface area contributed by atoms with Gasteiger partial charge < -0.3 is 9.47 Å². The van der Waals surface area contributed by atoms with E-state index >= 15 is 0 Å². The zero-order valence-corrected chi connectivity index (χ0v) is 19.3. The number of carbonyl (C=O) groups excluding carboxylic acids is 1. The van der Waals surface area contributed by atoms with Gasteiger partial charge in [0, 0.05) is 32.1 Å². The van der Waals surface area contributed by atoms with Gasteiger partial charge in [0.25, 0.3) is 0 Å². The molecule has 1 aliphatic heterocycles. The van der Waals surface area contributed by atoms with E-state index in [0.29, 0.717) is 13.2 Å². The molecule has 0 atom stereocenters. The van der Waals surface area contributed by atoms with Crippen molar-refractivity contribution in [3.8, 4) is 5.75 Å². The quantitative estimate of drug-likeness (QED) is 0.623. The monoisotopic (exact) mass is 453 g/mol. The number of rotatable bonds is 7. The predicted molar refractivity (Wildman–Crippen MR) is 124 cm³/mol. The van der Waals surface area contributed by atoms with Crippen LogP contribution < -0.4 is 9.64 Å². The largest absolute Gasteiger partial charge is 0.492 e. The zero-order chi connectivity index (χ0) is 20.1. The maximum absolute atomic E-state index is 13.5. The highest BCUT2D eigenvalue weighted by Gasteiger charge is 2.29. The van der Waals surface area contributed by atoms with Gasteiger partial charge in [0.1, 0.15) is 11.3 Å². The molecule has 6 nitrogen and oxygen atoms in total. The van der Waals surface area contributed by atoms with Crippen LogP contribution in [-0.4, -0.2) is 61.8 Å². The number of para-hydroxylation sites is 1. The Bertz CT molecular complexity index is 819. The fourth-order valence-corrected chi connectivity index (χ4v) is 5.25. The van der Waals surface area contributed by atoms with E-state index < -0.39 is 0 Å². The van der Waals surface area contributed by atoms with Gasteiger partial charge in [-0.1, -0.05) is 36.7 Å². The average molecular weight is 454 g/mol. The molecule has 1 saturated carbocycles. The summed E-state index contributed by atoms with van der Waals surface area (Å²) in [5, 5.41) is 0.802. The number of hydrogen-bond acceptors (Lipinski definition) is 6. The van der Waals surface area contributed by atoms with Gasteiger partial charge >= 0.3 is 0 Å². The van der Waals surface area contributed by atoms with Crippen molar-refractivity contribution < 1.29 is 14.3 Å². The molecule has 8 heteroatoms. The zero-order valence-electron chi connectivity index (χ0n) is 17.7. The van der Waals surface area contributed by atoms with Gasteiger partial charge in [-0.05, 0) is 31.9 Å². The lowest BCUT2D eigenvalue weighted by Gasteiger charge is -2.31. The second-order valence-corrected chi connectivity index (χ2v) is 8.82. The lowest BCUT2D eigenvalue weighted by molar-refractivity contribution is -0.123. The van der Waals surface area contributed by atoms with Gasteiger partial charge in [-0.15, -0.1) is 12.4 Å². The van der Waals surface area contributed by atoms with Crippen LogP contribution in [0.25, 0.3) is 10.2 Å². The van der Waals surface area contributed by atoms with Crippen LogP contribution >= 0.6 is 23.7 Å². The van der Waals surface area contributed by atoms with E-state index in [1.807, 2.05) is 24.0 Å². The summed E-state index contributed by atoms with van der Waals surface area (Å²) in [7, 11) is 0. The molecule has 30 heavy (non-hydrogen) atoms. The Kier molecular flexibility index (Phi) is 8.74. The molecule has 0 spiro atoms. The van der Waals surface area contributed by atoms with Gasteiger partial charge in [-0.25, -0.2) is 4.98 Å². The van der Waals surface area contributed by atoms with E-state index in [1.54, 1.807) is 11.3 Å². The number of hydrogen-bond donors (Lipinski definition) is 0. The lowest BCUT2D eigenvalue weighted by Crippen LogP contribution is -2.45. The molecule has 2 aliphatic rings. The van der Waals surface area contributed by atoms with E-state index in [2.05, 4.69) is 11.0 Å². The van der Waals surface area contributed by atoms with Crippen LogP contribution in [0, 0.1) is 5.92 Å². The highest BCUT2D eigenvalue weighted by atomic mass is 35.5. The molecule has 4 rings (SSSR count).